The molecule has 1 aliphatic rings. The molecule has 0 radical (unpaired) electrons. The molecule has 1 aliphatic heterocycles. The van der Waals surface area contributed by atoms with Gasteiger partial charge in [-0.25, -0.2) is 9.78 Å². The molecule has 0 spiro atoms. The van der Waals surface area contributed by atoms with Crippen LogP contribution >= 0.6 is 0 Å². The van der Waals surface area contributed by atoms with Crippen LogP contribution in [0.3, 0.4) is 0 Å². The van der Waals surface area contributed by atoms with Crippen LogP contribution in [-0.2, 0) is 11.3 Å². The minimum absolute atomic E-state index is 0.000995. The van der Waals surface area contributed by atoms with Crippen molar-refractivity contribution in [3.63, 3.8) is 0 Å². The normalized spacial score (nSPS) is 14.4. The molecule has 3 aromatic rings. The van der Waals surface area contributed by atoms with E-state index in [2.05, 4.69) is 15.3 Å². The Balaban J connectivity index is 1.33. The van der Waals surface area contributed by atoms with Crippen LogP contribution < -0.4 is 10.9 Å². The first-order valence-electron chi connectivity index (χ1n) is 10.3. The number of nitrogens with one attached hydrogen (secondary N) is 2. The first-order valence-corrected chi connectivity index (χ1v) is 10.3. The molecule has 1 fully saturated rings. The Hall–Kier alpha value is -3.68. The van der Waals surface area contributed by atoms with Gasteiger partial charge in [0.15, 0.2) is 0 Å². The van der Waals surface area contributed by atoms with Crippen molar-refractivity contribution < 1.29 is 9.59 Å². The summed E-state index contributed by atoms with van der Waals surface area (Å²) in [5.41, 5.74) is 1.15. The van der Waals surface area contributed by atoms with Gasteiger partial charge in [0, 0.05) is 31.7 Å². The molecule has 0 bridgehead atoms. The Morgan fingerprint density at radius 3 is 2.52 bits per heavy atom. The van der Waals surface area contributed by atoms with E-state index < -0.39 is 0 Å². The molecule has 0 atom stereocenters. The predicted octanol–water partition coefficient (Wildman–Crippen LogP) is 2.83. The van der Waals surface area contributed by atoms with Crippen molar-refractivity contribution >= 4 is 28.5 Å². The maximum Gasteiger partial charge on any atom is 0.321 e. The molecule has 2 heterocycles. The molecule has 0 unspecified atom stereocenters. The summed E-state index contributed by atoms with van der Waals surface area (Å²) in [6, 6.07) is 16.3. The fourth-order valence-electron chi connectivity index (χ4n) is 3.88. The number of nitrogens with zero attached hydrogens (tertiary/aromatic N) is 3. The lowest BCUT2D eigenvalue weighted by molar-refractivity contribution is -0.136. The molecule has 0 saturated carbocycles. The van der Waals surface area contributed by atoms with Gasteiger partial charge in [0.1, 0.15) is 5.82 Å². The number of fused-ring (bicyclic) bond motifs is 1. The quantitative estimate of drug-likeness (QED) is 0.679. The second-order valence-electron chi connectivity index (χ2n) is 7.78. The summed E-state index contributed by atoms with van der Waals surface area (Å²) in [6.07, 6.45) is 1.21. The van der Waals surface area contributed by atoms with E-state index >= 15 is 0 Å². The average Bonchev–Trinajstić information content (AvgIpc) is 2.79. The fourth-order valence-corrected chi connectivity index (χ4v) is 3.88. The second-order valence-corrected chi connectivity index (χ2v) is 7.78. The van der Waals surface area contributed by atoms with Gasteiger partial charge in [-0.05, 0) is 37.1 Å². The Morgan fingerprint density at radius 1 is 1.10 bits per heavy atom. The summed E-state index contributed by atoms with van der Waals surface area (Å²) < 4.78 is 0. The van der Waals surface area contributed by atoms with Gasteiger partial charge in [-0.2, -0.15) is 0 Å². The lowest BCUT2D eigenvalue weighted by Crippen LogP contribution is -2.45. The minimum atomic E-state index is -0.209. The Morgan fingerprint density at radius 2 is 1.77 bits per heavy atom. The number of H-pyrrole nitrogens is 1. The summed E-state index contributed by atoms with van der Waals surface area (Å²) in [7, 11) is 1.71. The molecule has 8 heteroatoms. The number of aromatic amines is 1. The Kier molecular flexibility index (Phi) is 5.97. The fraction of sp³-hybridized carbons (Fsp3) is 0.304. The van der Waals surface area contributed by atoms with Crippen LogP contribution in [-0.4, -0.2) is 51.8 Å². The van der Waals surface area contributed by atoms with E-state index in [0.717, 1.165) is 5.69 Å². The number of para-hydroxylation sites is 2. The highest BCUT2D eigenvalue weighted by molar-refractivity contribution is 5.89. The molecular weight excluding hydrogens is 394 g/mol. The standard InChI is InChI=1S/C23H25N5O3/c1-27(15-20-25-19-10-6-5-9-18(19)21(29)26-20)22(30)16-11-13-28(14-12-16)23(31)24-17-7-3-2-4-8-17/h2-10,16H,11-15H2,1H3,(H,24,31)(H,25,26,29). The van der Waals surface area contributed by atoms with E-state index in [1.165, 1.54) is 0 Å². The number of carbonyl (C=O) groups excluding carboxylic acids is 2. The number of carbonyl (C=O) groups is 2. The molecule has 4 rings (SSSR count). The number of hydrogen-bond acceptors (Lipinski definition) is 4. The van der Waals surface area contributed by atoms with Gasteiger partial charge < -0.3 is 20.1 Å². The third kappa shape index (κ3) is 4.74. The second kappa shape index (κ2) is 8.99. The molecule has 1 saturated heterocycles. The zero-order valence-corrected chi connectivity index (χ0v) is 17.4. The van der Waals surface area contributed by atoms with Gasteiger partial charge in [0.2, 0.25) is 5.91 Å². The maximum absolute atomic E-state index is 12.9. The van der Waals surface area contributed by atoms with Crippen molar-refractivity contribution in [2.75, 3.05) is 25.5 Å². The molecule has 2 N–H and O–H groups in total. The number of aromatic nitrogens is 2. The van der Waals surface area contributed by atoms with E-state index in [4.69, 9.17) is 0 Å². The summed E-state index contributed by atoms with van der Waals surface area (Å²) in [5.74, 6) is 0.302. The highest BCUT2D eigenvalue weighted by Gasteiger charge is 2.29. The largest absolute Gasteiger partial charge is 0.338 e. The average molecular weight is 419 g/mol. The van der Waals surface area contributed by atoms with E-state index in [9.17, 15) is 14.4 Å². The van der Waals surface area contributed by atoms with Crippen molar-refractivity contribution in [1.29, 1.82) is 0 Å². The van der Waals surface area contributed by atoms with Crippen LogP contribution in [0.15, 0.2) is 59.4 Å². The van der Waals surface area contributed by atoms with Crippen molar-refractivity contribution in [1.82, 2.24) is 19.8 Å². The lowest BCUT2D eigenvalue weighted by Gasteiger charge is -2.33. The number of urea groups is 1. The van der Waals surface area contributed by atoms with Crippen molar-refractivity contribution in [2.24, 2.45) is 5.92 Å². The summed E-state index contributed by atoms with van der Waals surface area (Å²) in [6.45, 7) is 1.27. The molecule has 0 aliphatic carbocycles. The number of rotatable bonds is 4. The molecule has 31 heavy (non-hydrogen) atoms. The van der Waals surface area contributed by atoms with Crippen LogP contribution in [0.4, 0.5) is 10.5 Å². The predicted molar refractivity (Wildman–Crippen MR) is 119 cm³/mol. The maximum atomic E-state index is 12.9. The van der Waals surface area contributed by atoms with E-state index in [1.807, 2.05) is 36.4 Å². The monoisotopic (exact) mass is 419 g/mol. The summed E-state index contributed by atoms with van der Waals surface area (Å²) >= 11 is 0. The number of amides is 3. The highest BCUT2D eigenvalue weighted by atomic mass is 16.2. The highest BCUT2D eigenvalue weighted by Crippen LogP contribution is 2.21. The van der Waals surface area contributed by atoms with Gasteiger partial charge in [-0.3, -0.25) is 9.59 Å². The van der Waals surface area contributed by atoms with Crippen molar-refractivity contribution in [2.45, 2.75) is 19.4 Å². The number of anilines is 1. The molecule has 2 aromatic carbocycles. The smallest absolute Gasteiger partial charge is 0.321 e. The zero-order valence-electron chi connectivity index (χ0n) is 17.4. The number of piperidine rings is 1. The third-order valence-corrected chi connectivity index (χ3v) is 5.58. The first-order chi connectivity index (χ1) is 15.0. The molecule has 8 nitrogen and oxygen atoms in total. The molecule has 3 amide bonds. The summed E-state index contributed by atoms with van der Waals surface area (Å²) in [4.78, 5) is 48.1. The van der Waals surface area contributed by atoms with Crippen molar-refractivity contribution in [3.8, 4) is 0 Å². The molecule has 160 valence electrons. The molecule has 1 aromatic heterocycles. The Bertz CT molecular complexity index is 1140. The van der Waals surface area contributed by atoms with Gasteiger partial charge in [-0.15, -0.1) is 0 Å². The van der Waals surface area contributed by atoms with E-state index in [0.29, 0.717) is 42.7 Å². The van der Waals surface area contributed by atoms with Gasteiger partial charge in [0.05, 0.1) is 17.4 Å². The van der Waals surface area contributed by atoms with Crippen LogP contribution in [0.5, 0.6) is 0 Å². The van der Waals surface area contributed by atoms with E-state index in [-0.39, 0.29) is 30.0 Å². The molecular formula is C23H25N5O3. The van der Waals surface area contributed by atoms with Gasteiger partial charge >= 0.3 is 6.03 Å². The zero-order chi connectivity index (χ0) is 21.8. The SMILES string of the molecule is CN(Cc1nc2ccccc2c(=O)[nH]1)C(=O)C1CCN(C(=O)Nc2ccccc2)CC1. The number of likely N-dealkylation sites (tertiary alicyclic amines) is 1. The van der Waals surface area contributed by atoms with Crippen molar-refractivity contribution in [3.05, 3.63) is 70.8 Å². The van der Waals surface area contributed by atoms with Crippen LogP contribution in [0, 0.1) is 5.92 Å². The van der Waals surface area contributed by atoms with Crippen LogP contribution in [0.1, 0.15) is 18.7 Å². The number of benzene rings is 2. The van der Waals surface area contributed by atoms with Gasteiger partial charge in [0.25, 0.3) is 5.56 Å². The summed E-state index contributed by atoms with van der Waals surface area (Å²) in [5, 5.41) is 3.41. The third-order valence-electron chi connectivity index (χ3n) is 5.58. The van der Waals surface area contributed by atoms with E-state index in [1.54, 1.807) is 35.0 Å². The number of hydrogen-bond donors (Lipinski definition) is 2. The minimum Gasteiger partial charge on any atom is -0.338 e. The lowest BCUT2D eigenvalue weighted by atomic mass is 9.95. The van der Waals surface area contributed by atoms with Gasteiger partial charge in [-0.1, -0.05) is 30.3 Å². The first kappa shape index (κ1) is 20.6. The van der Waals surface area contributed by atoms with Crippen LogP contribution in [0.25, 0.3) is 10.9 Å². The topological polar surface area (TPSA) is 98.4 Å². The van der Waals surface area contributed by atoms with Crippen LogP contribution in [0.2, 0.25) is 0 Å². The Labute approximate surface area is 179 Å².